The molecule has 7 heteroatoms. The van der Waals surface area contributed by atoms with E-state index in [2.05, 4.69) is 15.3 Å². The van der Waals surface area contributed by atoms with Crippen LogP contribution >= 0.6 is 46.6 Å². The van der Waals surface area contributed by atoms with Crippen LogP contribution in [0.4, 0.5) is 5.82 Å². The van der Waals surface area contributed by atoms with Crippen LogP contribution in [-0.2, 0) is 6.54 Å². The van der Waals surface area contributed by atoms with Crippen molar-refractivity contribution in [2.45, 2.75) is 18.6 Å². The van der Waals surface area contributed by atoms with Crippen molar-refractivity contribution in [3.05, 3.63) is 44.5 Å². The molecule has 2 rings (SSSR count). The van der Waals surface area contributed by atoms with Gasteiger partial charge < -0.3 is 5.32 Å². The van der Waals surface area contributed by atoms with E-state index in [1.165, 1.54) is 11.8 Å². The van der Waals surface area contributed by atoms with Gasteiger partial charge in [-0.1, -0.05) is 52.6 Å². The van der Waals surface area contributed by atoms with Gasteiger partial charge in [0.1, 0.15) is 11.0 Å². The minimum Gasteiger partial charge on any atom is -0.366 e. The van der Waals surface area contributed by atoms with Crippen LogP contribution in [0.3, 0.4) is 0 Å². The molecule has 1 aromatic carbocycles. The third kappa shape index (κ3) is 3.70. The Balaban J connectivity index is 2.20. The Morgan fingerprint density at radius 1 is 1.20 bits per heavy atom. The molecule has 0 radical (unpaired) electrons. The fourth-order valence-electron chi connectivity index (χ4n) is 1.58. The zero-order valence-corrected chi connectivity index (χ0v) is 14.0. The van der Waals surface area contributed by atoms with E-state index in [-0.39, 0.29) is 0 Å². The van der Waals surface area contributed by atoms with Gasteiger partial charge >= 0.3 is 0 Å². The Morgan fingerprint density at radius 2 is 1.95 bits per heavy atom. The lowest BCUT2D eigenvalue weighted by Crippen LogP contribution is -2.06. The summed E-state index contributed by atoms with van der Waals surface area (Å²) >= 11 is 19.5. The summed E-state index contributed by atoms with van der Waals surface area (Å²) in [5.41, 5.74) is 1.76. The van der Waals surface area contributed by atoms with Crippen LogP contribution in [-0.4, -0.2) is 16.2 Å². The largest absolute Gasteiger partial charge is 0.366 e. The summed E-state index contributed by atoms with van der Waals surface area (Å²) in [6.07, 6.45) is 1.90. The zero-order valence-electron chi connectivity index (χ0n) is 10.9. The van der Waals surface area contributed by atoms with Crippen LogP contribution in [0.5, 0.6) is 0 Å². The lowest BCUT2D eigenvalue weighted by atomic mass is 10.2. The van der Waals surface area contributed by atoms with Gasteiger partial charge in [0.25, 0.3) is 0 Å². The first kappa shape index (κ1) is 15.7. The molecule has 106 valence electrons. The minimum atomic E-state index is 0.453. The Kier molecular flexibility index (Phi) is 5.38. The van der Waals surface area contributed by atoms with E-state index in [0.29, 0.717) is 32.7 Å². The highest BCUT2D eigenvalue weighted by atomic mass is 35.5. The van der Waals surface area contributed by atoms with Gasteiger partial charge in [-0.3, -0.25) is 0 Å². The van der Waals surface area contributed by atoms with Crippen molar-refractivity contribution >= 4 is 52.4 Å². The van der Waals surface area contributed by atoms with Gasteiger partial charge in [-0.25, -0.2) is 9.97 Å². The summed E-state index contributed by atoms with van der Waals surface area (Å²) in [6.45, 7) is 2.41. The molecular weight excluding hydrogens is 337 g/mol. The first-order valence-electron chi connectivity index (χ1n) is 5.77. The Labute approximate surface area is 137 Å². The van der Waals surface area contributed by atoms with Crippen LogP contribution in [0.25, 0.3) is 0 Å². The molecule has 0 aliphatic rings. The molecular formula is C13H12Cl3N3S. The average Bonchev–Trinajstić information content (AvgIpc) is 2.41. The molecule has 0 aliphatic carbocycles. The van der Waals surface area contributed by atoms with Crippen LogP contribution in [0.1, 0.15) is 11.1 Å². The number of thioether (sulfide) groups is 1. The summed E-state index contributed by atoms with van der Waals surface area (Å²) in [5, 5.41) is 5.55. The first-order valence-corrected chi connectivity index (χ1v) is 8.13. The molecule has 1 aromatic heterocycles. The second-order valence-electron chi connectivity index (χ2n) is 4.06. The topological polar surface area (TPSA) is 37.8 Å². The number of hydrogen-bond acceptors (Lipinski definition) is 4. The highest BCUT2D eigenvalue weighted by Gasteiger charge is 2.09. The predicted octanol–water partition coefficient (Wildman–Crippen LogP) is 5.08. The van der Waals surface area contributed by atoms with Crippen molar-refractivity contribution < 1.29 is 0 Å². The lowest BCUT2D eigenvalue weighted by Gasteiger charge is -2.11. The summed E-state index contributed by atoms with van der Waals surface area (Å²) in [5.74, 6) is 0.709. The fourth-order valence-corrected chi connectivity index (χ4v) is 2.64. The highest BCUT2D eigenvalue weighted by molar-refractivity contribution is 7.98. The summed E-state index contributed by atoms with van der Waals surface area (Å²) in [4.78, 5) is 8.57. The van der Waals surface area contributed by atoms with Crippen LogP contribution in [0.15, 0.2) is 23.4 Å². The minimum absolute atomic E-state index is 0.453. The van der Waals surface area contributed by atoms with Gasteiger partial charge in [0.15, 0.2) is 5.16 Å². The van der Waals surface area contributed by atoms with Crippen LogP contribution in [0, 0.1) is 6.92 Å². The molecule has 0 unspecified atom stereocenters. The Bertz CT molecular complexity index is 634. The van der Waals surface area contributed by atoms with E-state index >= 15 is 0 Å². The predicted molar refractivity (Wildman–Crippen MR) is 87.3 cm³/mol. The SMILES string of the molecule is CSc1nc(Cl)c(C)c(NCc2ccc(Cl)cc2Cl)n1. The third-order valence-electron chi connectivity index (χ3n) is 2.71. The third-order valence-corrected chi connectivity index (χ3v) is 4.21. The molecule has 20 heavy (non-hydrogen) atoms. The van der Waals surface area contributed by atoms with Crippen molar-refractivity contribution in [3.63, 3.8) is 0 Å². The van der Waals surface area contributed by atoms with Gasteiger partial charge in [0, 0.05) is 22.2 Å². The standard InChI is InChI=1S/C13H12Cl3N3S/c1-7-11(16)18-13(20-2)19-12(7)17-6-8-3-4-9(14)5-10(8)15/h3-5H,6H2,1-2H3,(H,17,18,19). The van der Waals surface area contributed by atoms with Crippen LogP contribution in [0.2, 0.25) is 15.2 Å². The number of aromatic nitrogens is 2. The molecule has 0 saturated carbocycles. The average molecular weight is 349 g/mol. The van der Waals surface area contributed by atoms with E-state index in [1.54, 1.807) is 12.1 Å². The van der Waals surface area contributed by atoms with Gasteiger partial charge in [0.2, 0.25) is 0 Å². The number of rotatable bonds is 4. The maximum atomic E-state index is 6.14. The number of halogens is 3. The summed E-state index contributed by atoms with van der Waals surface area (Å²) < 4.78 is 0. The summed E-state index contributed by atoms with van der Waals surface area (Å²) in [7, 11) is 0. The number of hydrogen-bond donors (Lipinski definition) is 1. The molecule has 0 bridgehead atoms. The van der Waals surface area contributed by atoms with Gasteiger partial charge in [0.05, 0.1) is 0 Å². The molecule has 3 nitrogen and oxygen atoms in total. The van der Waals surface area contributed by atoms with E-state index < -0.39 is 0 Å². The molecule has 0 spiro atoms. The normalized spacial score (nSPS) is 10.7. The Morgan fingerprint density at radius 3 is 2.60 bits per heavy atom. The molecule has 0 aliphatic heterocycles. The Hall–Kier alpha value is -0.680. The number of nitrogens with one attached hydrogen (secondary N) is 1. The summed E-state index contributed by atoms with van der Waals surface area (Å²) in [6, 6.07) is 5.40. The van der Waals surface area contributed by atoms with E-state index in [4.69, 9.17) is 34.8 Å². The number of benzene rings is 1. The number of nitrogens with zero attached hydrogens (tertiary/aromatic N) is 2. The van der Waals surface area contributed by atoms with Gasteiger partial charge in [-0.15, -0.1) is 0 Å². The smallest absolute Gasteiger partial charge is 0.190 e. The van der Waals surface area contributed by atoms with Crippen molar-refractivity contribution in [1.29, 1.82) is 0 Å². The first-order chi connectivity index (χ1) is 9.51. The van der Waals surface area contributed by atoms with Crippen molar-refractivity contribution in [2.75, 3.05) is 11.6 Å². The van der Waals surface area contributed by atoms with Gasteiger partial charge in [-0.2, -0.15) is 0 Å². The van der Waals surface area contributed by atoms with Crippen molar-refractivity contribution in [2.24, 2.45) is 0 Å². The molecule has 1 N–H and O–H groups in total. The molecule has 0 fully saturated rings. The van der Waals surface area contributed by atoms with Crippen molar-refractivity contribution in [1.82, 2.24) is 9.97 Å². The molecule has 2 aromatic rings. The second-order valence-corrected chi connectivity index (χ2v) is 6.04. The van der Waals surface area contributed by atoms with Crippen LogP contribution < -0.4 is 5.32 Å². The van der Waals surface area contributed by atoms with E-state index in [9.17, 15) is 0 Å². The van der Waals surface area contributed by atoms with Gasteiger partial charge in [-0.05, 0) is 30.9 Å². The van der Waals surface area contributed by atoms with E-state index in [1.807, 2.05) is 19.2 Å². The quantitative estimate of drug-likeness (QED) is 0.475. The second kappa shape index (κ2) is 6.85. The van der Waals surface area contributed by atoms with E-state index in [0.717, 1.165) is 11.1 Å². The molecule has 1 heterocycles. The number of anilines is 1. The maximum Gasteiger partial charge on any atom is 0.190 e. The molecule has 0 amide bonds. The zero-order chi connectivity index (χ0) is 14.7. The maximum absolute atomic E-state index is 6.14. The van der Waals surface area contributed by atoms with Crippen molar-refractivity contribution in [3.8, 4) is 0 Å². The fraction of sp³-hybridized carbons (Fsp3) is 0.231. The lowest BCUT2D eigenvalue weighted by molar-refractivity contribution is 0.940. The highest BCUT2D eigenvalue weighted by Crippen LogP contribution is 2.25. The molecule has 0 saturated heterocycles. The monoisotopic (exact) mass is 347 g/mol. The molecule has 0 atom stereocenters.